The van der Waals surface area contributed by atoms with Gasteiger partial charge in [0, 0.05) is 26.4 Å². The molecule has 0 aliphatic rings. The van der Waals surface area contributed by atoms with Crippen LogP contribution in [0.4, 0.5) is 4.39 Å². The molecule has 0 radical (unpaired) electrons. The van der Waals surface area contributed by atoms with Crippen molar-refractivity contribution in [3.05, 3.63) is 69.1 Å². The third-order valence-electron chi connectivity index (χ3n) is 3.91. The van der Waals surface area contributed by atoms with Gasteiger partial charge < -0.3 is 4.57 Å². The Bertz CT molecular complexity index is 1060. The van der Waals surface area contributed by atoms with Crippen LogP contribution in [0.3, 0.4) is 0 Å². The molecule has 130 valence electrons. The molecular formula is C17H17FN4O2S. The standard InChI is InChI=1S/C17H17FN4O2S/c1-4-9-22-13-14(20(2)17(24)21(3)15(13)23)19-16(22)25-10-11-5-7-12(18)8-6-11/h4-8H,1,9-10H2,2-3H3. The lowest BCUT2D eigenvalue weighted by atomic mass is 10.2. The normalized spacial score (nSPS) is 11.2. The number of hydrogen-bond donors (Lipinski definition) is 0. The van der Waals surface area contributed by atoms with Crippen molar-refractivity contribution in [3.8, 4) is 0 Å². The van der Waals surface area contributed by atoms with Crippen LogP contribution >= 0.6 is 11.8 Å². The van der Waals surface area contributed by atoms with Gasteiger partial charge in [0.2, 0.25) is 0 Å². The van der Waals surface area contributed by atoms with E-state index in [-0.39, 0.29) is 11.4 Å². The van der Waals surface area contributed by atoms with Crippen molar-refractivity contribution >= 4 is 22.9 Å². The minimum absolute atomic E-state index is 0.286. The van der Waals surface area contributed by atoms with E-state index in [9.17, 15) is 14.0 Å². The summed E-state index contributed by atoms with van der Waals surface area (Å²) in [5.74, 6) is 0.279. The van der Waals surface area contributed by atoms with Crippen LogP contribution in [-0.2, 0) is 26.4 Å². The Morgan fingerprint density at radius 1 is 1.20 bits per heavy atom. The maximum atomic E-state index is 13.0. The lowest BCUT2D eigenvalue weighted by molar-refractivity contribution is 0.627. The van der Waals surface area contributed by atoms with Gasteiger partial charge in [0.15, 0.2) is 16.3 Å². The van der Waals surface area contributed by atoms with Crippen LogP contribution in [0.1, 0.15) is 5.56 Å². The number of allylic oxidation sites excluding steroid dienone is 1. The number of hydrogen-bond acceptors (Lipinski definition) is 4. The minimum Gasteiger partial charge on any atom is -0.309 e. The van der Waals surface area contributed by atoms with Gasteiger partial charge in [-0.3, -0.25) is 13.9 Å². The molecular weight excluding hydrogens is 343 g/mol. The van der Waals surface area contributed by atoms with Gasteiger partial charge in [-0.1, -0.05) is 30.0 Å². The van der Waals surface area contributed by atoms with Crippen LogP contribution in [0, 0.1) is 5.82 Å². The average Bonchev–Trinajstić information content (AvgIpc) is 2.97. The highest BCUT2D eigenvalue weighted by atomic mass is 32.2. The summed E-state index contributed by atoms with van der Waals surface area (Å²) in [6, 6.07) is 6.22. The molecule has 2 aromatic heterocycles. The second-order valence-corrected chi connectivity index (χ2v) is 6.53. The molecule has 0 N–H and O–H groups in total. The number of aryl methyl sites for hydroxylation is 1. The first-order chi connectivity index (χ1) is 11.9. The van der Waals surface area contributed by atoms with Gasteiger partial charge in [0.25, 0.3) is 5.56 Å². The molecule has 3 aromatic rings. The fourth-order valence-corrected chi connectivity index (χ4v) is 3.52. The van der Waals surface area contributed by atoms with Gasteiger partial charge in [-0.05, 0) is 17.7 Å². The smallest absolute Gasteiger partial charge is 0.309 e. The van der Waals surface area contributed by atoms with Crippen molar-refractivity contribution in [3.63, 3.8) is 0 Å². The molecule has 0 aliphatic heterocycles. The Labute approximate surface area is 147 Å². The molecule has 6 nitrogen and oxygen atoms in total. The Hall–Kier alpha value is -2.61. The van der Waals surface area contributed by atoms with Crippen molar-refractivity contribution in [2.24, 2.45) is 14.1 Å². The van der Waals surface area contributed by atoms with Crippen molar-refractivity contribution in [1.82, 2.24) is 18.7 Å². The summed E-state index contributed by atoms with van der Waals surface area (Å²) >= 11 is 1.42. The predicted molar refractivity (Wildman–Crippen MR) is 96.4 cm³/mol. The van der Waals surface area contributed by atoms with E-state index in [0.717, 1.165) is 10.1 Å². The highest BCUT2D eigenvalue weighted by molar-refractivity contribution is 7.98. The maximum Gasteiger partial charge on any atom is 0.332 e. The lowest BCUT2D eigenvalue weighted by Gasteiger charge is -2.07. The number of imidazole rings is 1. The van der Waals surface area contributed by atoms with E-state index in [1.807, 2.05) is 0 Å². The number of aromatic nitrogens is 4. The van der Waals surface area contributed by atoms with Crippen molar-refractivity contribution in [2.75, 3.05) is 0 Å². The summed E-state index contributed by atoms with van der Waals surface area (Å²) in [6.07, 6.45) is 1.67. The zero-order valence-corrected chi connectivity index (χ0v) is 14.7. The Balaban J connectivity index is 2.09. The third kappa shape index (κ3) is 3.05. The second-order valence-electron chi connectivity index (χ2n) is 5.59. The van der Waals surface area contributed by atoms with Crippen LogP contribution in [0.2, 0.25) is 0 Å². The molecule has 3 rings (SSSR count). The first-order valence-electron chi connectivity index (χ1n) is 7.58. The number of fused-ring (bicyclic) bond motifs is 1. The SMILES string of the molecule is C=CCn1c(SCc2ccc(F)cc2)nc2c1c(=O)n(C)c(=O)n2C. The average molecular weight is 360 g/mol. The van der Waals surface area contributed by atoms with E-state index in [1.165, 1.54) is 35.5 Å². The lowest BCUT2D eigenvalue weighted by Crippen LogP contribution is -2.37. The van der Waals surface area contributed by atoms with Gasteiger partial charge in [0.1, 0.15) is 5.82 Å². The van der Waals surface area contributed by atoms with Gasteiger partial charge in [0.05, 0.1) is 0 Å². The van der Waals surface area contributed by atoms with E-state index in [2.05, 4.69) is 11.6 Å². The summed E-state index contributed by atoms with van der Waals surface area (Å²) in [4.78, 5) is 29.1. The Morgan fingerprint density at radius 3 is 2.52 bits per heavy atom. The summed E-state index contributed by atoms with van der Waals surface area (Å²) < 4.78 is 17.2. The van der Waals surface area contributed by atoms with Crippen LogP contribution in [0.5, 0.6) is 0 Å². The molecule has 1 aromatic carbocycles. The Kier molecular flexibility index (Phi) is 4.63. The van der Waals surface area contributed by atoms with Gasteiger partial charge in [-0.25, -0.2) is 14.2 Å². The number of halogens is 1. The van der Waals surface area contributed by atoms with Gasteiger partial charge in [-0.2, -0.15) is 0 Å². The fraction of sp³-hybridized carbons (Fsp3) is 0.235. The molecule has 0 saturated carbocycles. The number of thioether (sulfide) groups is 1. The zero-order valence-electron chi connectivity index (χ0n) is 13.9. The molecule has 0 atom stereocenters. The molecule has 0 saturated heterocycles. The third-order valence-corrected chi connectivity index (χ3v) is 4.95. The first-order valence-corrected chi connectivity index (χ1v) is 8.57. The van der Waals surface area contributed by atoms with Gasteiger partial charge in [-0.15, -0.1) is 6.58 Å². The molecule has 0 fully saturated rings. The maximum absolute atomic E-state index is 13.0. The Morgan fingerprint density at radius 2 is 1.88 bits per heavy atom. The molecule has 8 heteroatoms. The highest BCUT2D eigenvalue weighted by Gasteiger charge is 2.18. The molecule has 0 bridgehead atoms. The van der Waals surface area contributed by atoms with Crippen LogP contribution in [0.15, 0.2) is 51.7 Å². The van der Waals surface area contributed by atoms with Crippen molar-refractivity contribution in [2.45, 2.75) is 17.5 Å². The summed E-state index contributed by atoms with van der Waals surface area (Å²) in [7, 11) is 3.03. The highest BCUT2D eigenvalue weighted by Crippen LogP contribution is 2.25. The van der Waals surface area contributed by atoms with Crippen LogP contribution in [0.25, 0.3) is 11.2 Å². The molecule has 2 heterocycles. The number of benzene rings is 1. The van der Waals surface area contributed by atoms with E-state index in [4.69, 9.17) is 0 Å². The monoisotopic (exact) mass is 360 g/mol. The summed E-state index contributed by atoms with van der Waals surface area (Å²) in [5, 5.41) is 0.609. The van der Waals surface area contributed by atoms with Crippen LogP contribution < -0.4 is 11.2 Å². The van der Waals surface area contributed by atoms with Crippen LogP contribution in [-0.4, -0.2) is 18.7 Å². The van der Waals surface area contributed by atoms with E-state index in [1.54, 1.807) is 29.8 Å². The first kappa shape index (κ1) is 17.2. The predicted octanol–water partition coefficient (Wildman–Crippen LogP) is 2.05. The molecule has 0 spiro atoms. The molecule has 25 heavy (non-hydrogen) atoms. The summed E-state index contributed by atoms with van der Waals surface area (Å²) in [5.41, 5.74) is 0.838. The molecule has 0 amide bonds. The van der Waals surface area contributed by atoms with Crippen molar-refractivity contribution in [1.29, 1.82) is 0 Å². The second kappa shape index (κ2) is 6.72. The zero-order chi connectivity index (χ0) is 18.1. The molecule has 0 unspecified atom stereocenters. The number of rotatable bonds is 5. The van der Waals surface area contributed by atoms with E-state index < -0.39 is 5.69 Å². The van der Waals surface area contributed by atoms with Gasteiger partial charge >= 0.3 is 5.69 Å². The topological polar surface area (TPSA) is 61.8 Å². The number of nitrogens with zero attached hydrogens (tertiary/aromatic N) is 4. The van der Waals surface area contributed by atoms with Crippen molar-refractivity contribution < 1.29 is 4.39 Å². The largest absolute Gasteiger partial charge is 0.332 e. The molecule has 0 aliphatic carbocycles. The minimum atomic E-state index is -0.421. The summed E-state index contributed by atoms with van der Waals surface area (Å²) in [6.45, 7) is 4.13. The quantitative estimate of drug-likeness (QED) is 0.516. The van der Waals surface area contributed by atoms with E-state index in [0.29, 0.717) is 28.6 Å². The fourth-order valence-electron chi connectivity index (χ4n) is 2.56. The van der Waals surface area contributed by atoms with E-state index >= 15 is 0 Å².